The van der Waals surface area contributed by atoms with E-state index < -0.39 is 24.9 Å². The Morgan fingerprint density at radius 2 is 2.00 bits per heavy atom. The van der Waals surface area contributed by atoms with Gasteiger partial charge in [-0.25, -0.2) is 31.0 Å². The zero-order valence-electron chi connectivity index (χ0n) is 15.7. The predicted molar refractivity (Wildman–Crippen MR) is 110 cm³/mol. The lowest BCUT2D eigenvalue weighted by Gasteiger charge is -2.29. The molecule has 0 unspecified atom stereocenters. The number of sulfonamides is 2. The first-order chi connectivity index (χ1) is 14.5. The van der Waals surface area contributed by atoms with Crippen molar-refractivity contribution in [2.45, 2.75) is 22.9 Å². The molecule has 3 N–H and O–H groups in total. The molecular weight excluding hydrogens is 471 g/mol. The number of hydrogen-bond donors (Lipinski definition) is 2. The fourth-order valence-electron chi connectivity index (χ4n) is 3.13. The summed E-state index contributed by atoms with van der Waals surface area (Å²) in [6.45, 7) is 0.0528. The molecule has 1 aliphatic rings. The Morgan fingerprint density at radius 1 is 1.23 bits per heavy atom. The summed E-state index contributed by atoms with van der Waals surface area (Å²) in [4.78, 5) is -0.750. The lowest BCUT2D eigenvalue weighted by Crippen LogP contribution is -2.39. The maximum atomic E-state index is 13.3. The number of nitrogens with two attached hydrogens (primary N) is 1. The van der Waals surface area contributed by atoms with E-state index in [-0.39, 0.29) is 41.2 Å². The second-order valence-corrected chi connectivity index (χ2v) is 10.7. The van der Waals surface area contributed by atoms with Gasteiger partial charge < -0.3 is 5.32 Å². The molecule has 0 saturated carbocycles. The van der Waals surface area contributed by atoms with Crippen molar-refractivity contribution < 1.29 is 21.2 Å². The smallest absolute Gasteiger partial charge is 0.247 e. The lowest BCUT2D eigenvalue weighted by molar-refractivity contribution is 0.416. The molecular formula is C17H16ClFN6O4S2. The average molecular weight is 487 g/mol. The van der Waals surface area contributed by atoms with Crippen LogP contribution >= 0.6 is 11.6 Å². The number of hydrogen-bond acceptors (Lipinski definition) is 7. The van der Waals surface area contributed by atoms with E-state index in [4.69, 9.17) is 16.7 Å². The van der Waals surface area contributed by atoms with Gasteiger partial charge in [-0.05, 0) is 29.8 Å². The molecule has 0 spiro atoms. The highest BCUT2D eigenvalue weighted by Crippen LogP contribution is 2.35. The van der Waals surface area contributed by atoms with Crippen LogP contribution in [0.4, 0.5) is 10.1 Å². The van der Waals surface area contributed by atoms with Crippen LogP contribution in [0.3, 0.4) is 0 Å². The molecule has 0 radical (unpaired) electrons. The van der Waals surface area contributed by atoms with Crippen molar-refractivity contribution in [2.75, 3.05) is 12.0 Å². The highest BCUT2D eigenvalue weighted by molar-refractivity contribution is 7.90. The molecule has 14 heteroatoms. The van der Waals surface area contributed by atoms with Crippen LogP contribution in [0, 0.1) is 5.82 Å². The summed E-state index contributed by atoms with van der Waals surface area (Å²) in [5.74, 6) is -0.374. The minimum Gasteiger partial charge on any atom is -0.370 e. The molecule has 164 valence electrons. The van der Waals surface area contributed by atoms with Crippen LogP contribution in [0.2, 0.25) is 5.02 Å². The van der Waals surface area contributed by atoms with Crippen molar-refractivity contribution in [1.82, 2.24) is 19.3 Å². The van der Waals surface area contributed by atoms with Crippen molar-refractivity contribution in [1.29, 1.82) is 0 Å². The Hall–Kier alpha value is -2.58. The molecule has 0 bridgehead atoms. The Morgan fingerprint density at radius 3 is 2.71 bits per heavy atom. The third kappa shape index (κ3) is 4.41. The molecule has 4 rings (SSSR count). The summed E-state index contributed by atoms with van der Waals surface area (Å²) in [6.07, 6.45) is 1.55. The predicted octanol–water partition coefficient (Wildman–Crippen LogP) is 1.34. The Bertz CT molecular complexity index is 1380. The van der Waals surface area contributed by atoms with E-state index in [0.29, 0.717) is 11.3 Å². The standard InChI is InChI=1S/C17H16ClFN6O4S2/c18-14-5-15-17(6-16(14)30(20,26)27)31(28,29)25(10-21-15)9-13-8-24(23-22-13)7-11-2-1-3-12(19)4-11/h1-6,8,21H,7,9-10H2,(H2,20,26,27). The second-order valence-electron chi connectivity index (χ2n) is 6.81. The van der Waals surface area contributed by atoms with Gasteiger partial charge in [-0.3, -0.25) is 0 Å². The van der Waals surface area contributed by atoms with Crippen molar-refractivity contribution in [3.05, 3.63) is 64.7 Å². The van der Waals surface area contributed by atoms with Crippen LogP contribution in [0.15, 0.2) is 52.4 Å². The molecule has 1 aliphatic heterocycles. The van der Waals surface area contributed by atoms with E-state index >= 15 is 0 Å². The van der Waals surface area contributed by atoms with E-state index in [1.54, 1.807) is 18.3 Å². The minimum atomic E-state index is -4.22. The number of anilines is 1. The third-order valence-electron chi connectivity index (χ3n) is 4.56. The quantitative estimate of drug-likeness (QED) is 0.554. The zero-order chi connectivity index (χ0) is 22.4. The number of aromatic nitrogens is 3. The van der Waals surface area contributed by atoms with Crippen LogP contribution in [-0.4, -0.2) is 42.8 Å². The maximum Gasteiger partial charge on any atom is 0.247 e. The van der Waals surface area contributed by atoms with Crippen molar-refractivity contribution in [3.8, 4) is 0 Å². The summed E-state index contributed by atoms with van der Waals surface area (Å²) in [5.41, 5.74) is 1.19. The van der Waals surface area contributed by atoms with Crippen LogP contribution < -0.4 is 10.5 Å². The number of rotatable bonds is 5. The zero-order valence-corrected chi connectivity index (χ0v) is 18.1. The molecule has 31 heavy (non-hydrogen) atoms. The van der Waals surface area contributed by atoms with Crippen molar-refractivity contribution in [3.63, 3.8) is 0 Å². The van der Waals surface area contributed by atoms with Gasteiger partial charge in [0, 0.05) is 0 Å². The summed E-state index contributed by atoms with van der Waals surface area (Å²) in [7, 11) is -8.29. The molecule has 0 atom stereocenters. The van der Waals surface area contributed by atoms with E-state index in [2.05, 4.69) is 15.6 Å². The average Bonchev–Trinajstić information content (AvgIpc) is 3.10. The van der Waals surface area contributed by atoms with Gasteiger partial charge in [-0.1, -0.05) is 28.9 Å². The highest BCUT2D eigenvalue weighted by Gasteiger charge is 2.34. The summed E-state index contributed by atoms with van der Waals surface area (Å²) in [6, 6.07) is 8.15. The number of benzene rings is 2. The number of halogens is 2. The Labute approximate surface area is 182 Å². The Kier molecular flexibility index (Phi) is 5.47. The molecule has 2 heterocycles. The van der Waals surface area contributed by atoms with Crippen molar-refractivity contribution >= 4 is 37.3 Å². The van der Waals surface area contributed by atoms with Crippen molar-refractivity contribution in [2.24, 2.45) is 5.14 Å². The molecule has 0 amide bonds. The first kappa shape index (κ1) is 21.6. The van der Waals surface area contributed by atoms with Gasteiger partial charge in [-0.2, -0.15) is 4.31 Å². The molecule has 2 aromatic carbocycles. The lowest BCUT2D eigenvalue weighted by atomic mass is 10.2. The summed E-state index contributed by atoms with van der Waals surface area (Å²) >= 11 is 5.93. The largest absolute Gasteiger partial charge is 0.370 e. The van der Waals surface area contributed by atoms with E-state index in [1.807, 2.05) is 0 Å². The molecule has 0 aliphatic carbocycles. The number of nitrogens with one attached hydrogen (secondary N) is 1. The maximum absolute atomic E-state index is 13.3. The van der Waals surface area contributed by atoms with Gasteiger partial charge >= 0.3 is 0 Å². The van der Waals surface area contributed by atoms with Crippen LogP contribution in [0.25, 0.3) is 0 Å². The van der Waals surface area contributed by atoms with Gasteiger partial charge in [0.2, 0.25) is 20.0 Å². The molecule has 10 nitrogen and oxygen atoms in total. The fourth-order valence-corrected chi connectivity index (χ4v) is 5.80. The number of primary sulfonamides is 1. The first-order valence-electron chi connectivity index (χ1n) is 8.78. The van der Waals surface area contributed by atoms with Crippen LogP contribution in [0.1, 0.15) is 11.3 Å². The van der Waals surface area contributed by atoms with Gasteiger partial charge in [0.25, 0.3) is 0 Å². The van der Waals surface area contributed by atoms with E-state index in [0.717, 1.165) is 10.4 Å². The minimum absolute atomic E-state index is 0.0862. The topological polar surface area (TPSA) is 140 Å². The molecule has 0 saturated heterocycles. The van der Waals surface area contributed by atoms with Crippen LogP contribution in [0.5, 0.6) is 0 Å². The van der Waals surface area contributed by atoms with Gasteiger partial charge in [0.15, 0.2) is 0 Å². The second kappa shape index (κ2) is 7.84. The summed E-state index contributed by atoms with van der Waals surface area (Å²) in [5, 5.41) is 15.8. The molecule has 3 aromatic rings. The van der Waals surface area contributed by atoms with E-state index in [9.17, 15) is 21.2 Å². The van der Waals surface area contributed by atoms with Gasteiger partial charge in [-0.15, -0.1) is 5.10 Å². The van der Waals surface area contributed by atoms with E-state index in [1.165, 1.54) is 22.9 Å². The highest BCUT2D eigenvalue weighted by atomic mass is 35.5. The fraction of sp³-hybridized carbons (Fsp3) is 0.176. The van der Waals surface area contributed by atoms with Gasteiger partial charge in [0.1, 0.15) is 15.6 Å². The SMILES string of the molecule is NS(=O)(=O)c1cc2c(cc1Cl)NCN(Cc1cn(Cc3cccc(F)c3)nn1)S2(=O)=O. The normalized spacial score (nSPS) is 16.0. The number of nitrogens with zero attached hydrogens (tertiary/aromatic N) is 4. The molecule has 1 aromatic heterocycles. The van der Waals surface area contributed by atoms with Gasteiger partial charge in [0.05, 0.1) is 42.4 Å². The first-order valence-corrected chi connectivity index (χ1v) is 12.1. The number of fused-ring (bicyclic) bond motifs is 1. The Balaban J connectivity index is 1.58. The summed E-state index contributed by atoms with van der Waals surface area (Å²) < 4.78 is 65.4. The molecule has 0 fully saturated rings. The monoisotopic (exact) mass is 486 g/mol. The third-order valence-corrected chi connectivity index (χ3v) is 7.77. The van der Waals surface area contributed by atoms with Crippen LogP contribution in [-0.2, 0) is 33.1 Å².